The molecule has 1 aromatic carbocycles. The molecule has 1 amide bonds. The number of aromatic hydroxyl groups is 1. The zero-order valence-corrected chi connectivity index (χ0v) is 12.0. The van der Waals surface area contributed by atoms with Gasteiger partial charge in [0.05, 0.1) is 11.6 Å². The summed E-state index contributed by atoms with van der Waals surface area (Å²) in [5, 5.41) is 16.2. The van der Waals surface area contributed by atoms with E-state index in [-0.39, 0.29) is 11.5 Å². The van der Waals surface area contributed by atoms with Crippen LogP contribution in [0.1, 0.15) is 21.0 Å². The standard InChI is InChI=1S/C15H12N2O3S/c1-9-13-11(18)5-2-6-12(13)20-14(9)15(19)17-16-8-10-4-3-7-21-10/h2-8,18H,1H3,(H,17,19)/b16-8-. The van der Waals surface area contributed by atoms with Crippen molar-refractivity contribution in [1.29, 1.82) is 0 Å². The van der Waals surface area contributed by atoms with Crippen LogP contribution in [-0.4, -0.2) is 17.2 Å². The van der Waals surface area contributed by atoms with E-state index >= 15 is 0 Å². The number of aryl methyl sites for hydroxylation is 1. The van der Waals surface area contributed by atoms with E-state index in [0.29, 0.717) is 16.5 Å². The molecule has 2 heterocycles. The zero-order chi connectivity index (χ0) is 14.8. The number of benzene rings is 1. The van der Waals surface area contributed by atoms with Crippen molar-refractivity contribution >= 4 is 34.4 Å². The van der Waals surface area contributed by atoms with Crippen molar-refractivity contribution in [2.24, 2.45) is 5.10 Å². The fourth-order valence-corrected chi connectivity index (χ4v) is 2.65. The Hall–Kier alpha value is -2.60. The van der Waals surface area contributed by atoms with Crippen LogP contribution in [0.15, 0.2) is 45.2 Å². The summed E-state index contributed by atoms with van der Waals surface area (Å²) in [7, 11) is 0. The molecular formula is C15H12N2O3S. The molecule has 0 spiro atoms. The minimum Gasteiger partial charge on any atom is -0.507 e. The number of rotatable bonds is 3. The van der Waals surface area contributed by atoms with Crippen LogP contribution in [0.25, 0.3) is 11.0 Å². The zero-order valence-electron chi connectivity index (χ0n) is 11.2. The van der Waals surface area contributed by atoms with Gasteiger partial charge in [0.1, 0.15) is 11.3 Å². The van der Waals surface area contributed by atoms with E-state index < -0.39 is 5.91 Å². The summed E-state index contributed by atoms with van der Waals surface area (Å²) in [6, 6.07) is 8.72. The molecule has 6 heteroatoms. The minimum atomic E-state index is -0.448. The number of hydrazone groups is 1. The van der Waals surface area contributed by atoms with Gasteiger partial charge in [0.2, 0.25) is 0 Å². The maximum atomic E-state index is 12.1. The van der Waals surface area contributed by atoms with Gasteiger partial charge in [0, 0.05) is 10.4 Å². The summed E-state index contributed by atoms with van der Waals surface area (Å²) >= 11 is 1.52. The van der Waals surface area contributed by atoms with E-state index in [1.807, 2.05) is 17.5 Å². The molecule has 0 aliphatic heterocycles. The first kappa shape index (κ1) is 13.4. The number of fused-ring (bicyclic) bond motifs is 1. The number of nitrogens with zero attached hydrogens (tertiary/aromatic N) is 1. The number of furan rings is 1. The second kappa shape index (κ2) is 5.41. The number of hydrogen-bond donors (Lipinski definition) is 2. The van der Waals surface area contributed by atoms with E-state index in [9.17, 15) is 9.90 Å². The summed E-state index contributed by atoms with van der Waals surface area (Å²) in [6.45, 7) is 1.73. The molecule has 3 rings (SSSR count). The topological polar surface area (TPSA) is 74.8 Å². The van der Waals surface area contributed by atoms with E-state index in [4.69, 9.17) is 4.42 Å². The Morgan fingerprint density at radius 3 is 2.95 bits per heavy atom. The number of hydrogen-bond acceptors (Lipinski definition) is 5. The average molecular weight is 300 g/mol. The average Bonchev–Trinajstić information content (AvgIpc) is 3.08. The molecular weight excluding hydrogens is 288 g/mol. The molecule has 5 nitrogen and oxygen atoms in total. The molecule has 0 aliphatic rings. The molecule has 21 heavy (non-hydrogen) atoms. The van der Waals surface area contributed by atoms with Gasteiger partial charge in [-0.25, -0.2) is 5.43 Å². The highest BCUT2D eigenvalue weighted by molar-refractivity contribution is 7.11. The number of thiophene rings is 1. The molecule has 0 unspecified atom stereocenters. The molecule has 0 saturated carbocycles. The Bertz CT molecular complexity index is 819. The predicted octanol–water partition coefficient (Wildman–Crippen LogP) is 3.27. The normalized spacial score (nSPS) is 11.3. The third kappa shape index (κ3) is 2.53. The molecule has 0 radical (unpaired) electrons. The molecule has 0 atom stereocenters. The molecule has 0 fully saturated rings. The first-order valence-electron chi connectivity index (χ1n) is 6.25. The van der Waals surface area contributed by atoms with Crippen molar-refractivity contribution in [3.63, 3.8) is 0 Å². The van der Waals surface area contributed by atoms with Gasteiger partial charge in [0.15, 0.2) is 5.76 Å². The first-order chi connectivity index (χ1) is 10.2. The van der Waals surface area contributed by atoms with Crippen molar-refractivity contribution in [3.05, 3.63) is 51.9 Å². The highest BCUT2D eigenvalue weighted by Gasteiger charge is 2.19. The van der Waals surface area contributed by atoms with Gasteiger partial charge in [-0.1, -0.05) is 12.1 Å². The van der Waals surface area contributed by atoms with Crippen LogP contribution >= 0.6 is 11.3 Å². The van der Waals surface area contributed by atoms with E-state index in [2.05, 4.69) is 10.5 Å². The number of phenolic OH excluding ortho intramolecular Hbond substituents is 1. The lowest BCUT2D eigenvalue weighted by molar-refractivity contribution is 0.0929. The highest BCUT2D eigenvalue weighted by Crippen LogP contribution is 2.32. The van der Waals surface area contributed by atoms with Crippen molar-refractivity contribution in [1.82, 2.24) is 5.43 Å². The smallest absolute Gasteiger partial charge is 0.307 e. The fraction of sp³-hybridized carbons (Fsp3) is 0.0667. The van der Waals surface area contributed by atoms with Gasteiger partial charge in [-0.2, -0.15) is 5.10 Å². The largest absolute Gasteiger partial charge is 0.507 e. The van der Waals surface area contributed by atoms with E-state index in [0.717, 1.165) is 4.88 Å². The van der Waals surface area contributed by atoms with Gasteiger partial charge in [-0.3, -0.25) is 4.79 Å². The minimum absolute atomic E-state index is 0.0925. The number of amides is 1. The monoisotopic (exact) mass is 300 g/mol. The van der Waals surface area contributed by atoms with Crippen molar-refractivity contribution in [2.45, 2.75) is 6.92 Å². The van der Waals surface area contributed by atoms with Crippen LogP contribution in [0.3, 0.4) is 0 Å². The van der Waals surface area contributed by atoms with Gasteiger partial charge < -0.3 is 9.52 Å². The van der Waals surface area contributed by atoms with Crippen LogP contribution in [0, 0.1) is 6.92 Å². The predicted molar refractivity (Wildman–Crippen MR) is 82.0 cm³/mol. The SMILES string of the molecule is Cc1c(C(=O)N/N=C\c2cccs2)oc2cccc(O)c12. The lowest BCUT2D eigenvalue weighted by Crippen LogP contribution is -2.17. The van der Waals surface area contributed by atoms with Gasteiger partial charge >= 0.3 is 5.91 Å². The molecule has 0 bridgehead atoms. The molecule has 3 aromatic rings. The van der Waals surface area contributed by atoms with Gasteiger partial charge in [-0.05, 0) is 30.5 Å². The Morgan fingerprint density at radius 2 is 2.24 bits per heavy atom. The van der Waals surface area contributed by atoms with Crippen LogP contribution in [-0.2, 0) is 0 Å². The Morgan fingerprint density at radius 1 is 1.38 bits per heavy atom. The summed E-state index contributed by atoms with van der Waals surface area (Å²) in [5.41, 5.74) is 3.48. The van der Waals surface area contributed by atoms with Crippen LogP contribution in [0.2, 0.25) is 0 Å². The van der Waals surface area contributed by atoms with Crippen LogP contribution in [0.5, 0.6) is 5.75 Å². The van der Waals surface area contributed by atoms with Crippen molar-refractivity contribution in [3.8, 4) is 5.75 Å². The maximum Gasteiger partial charge on any atom is 0.307 e. The Labute approximate surface area is 124 Å². The van der Waals surface area contributed by atoms with Crippen molar-refractivity contribution < 1.29 is 14.3 Å². The van der Waals surface area contributed by atoms with Crippen LogP contribution < -0.4 is 5.43 Å². The summed E-state index contributed by atoms with van der Waals surface area (Å²) in [6.07, 6.45) is 1.57. The van der Waals surface area contributed by atoms with E-state index in [1.54, 1.807) is 31.3 Å². The second-order valence-corrected chi connectivity index (χ2v) is 5.40. The van der Waals surface area contributed by atoms with Gasteiger partial charge in [0.25, 0.3) is 0 Å². The summed E-state index contributed by atoms with van der Waals surface area (Å²) in [4.78, 5) is 13.0. The number of phenols is 1. The third-order valence-corrected chi connectivity index (χ3v) is 3.85. The molecule has 106 valence electrons. The highest BCUT2D eigenvalue weighted by atomic mass is 32.1. The fourth-order valence-electron chi connectivity index (χ4n) is 2.07. The quantitative estimate of drug-likeness (QED) is 0.576. The Kier molecular flexibility index (Phi) is 3.45. The summed E-state index contributed by atoms with van der Waals surface area (Å²) in [5.74, 6) is -0.208. The lowest BCUT2D eigenvalue weighted by atomic mass is 10.1. The molecule has 0 aliphatic carbocycles. The maximum absolute atomic E-state index is 12.1. The third-order valence-electron chi connectivity index (χ3n) is 3.04. The van der Waals surface area contributed by atoms with E-state index in [1.165, 1.54) is 11.3 Å². The second-order valence-electron chi connectivity index (χ2n) is 4.42. The van der Waals surface area contributed by atoms with Gasteiger partial charge in [-0.15, -0.1) is 11.3 Å². The number of carbonyl (C=O) groups excluding carboxylic acids is 1. The lowest BCUT2D eigenvalue weighted by Gasteiger charge is -1.96. The molecule has 2 N–H and O–H groups in total. The number of carbonyl (C=O) groups is 1. The molecule has 2 aromatic heterocycles. The first-order valence-corrected chi connectivity index (χ1v) is 7.13. The van der Waals surface area contributed by atoms with Crippen molar-refractivity contribution in [2.75, 3.05) is 0 Å². The Balaban J connectivity index is 1.85. The summed E-state index contributed by atoms with van der Waals surface area (Å²) < 4.78 is 5.49. The molecule has 0 saturated heterocycles. The number of nitrogens with one attached hydrogen (secondary N) is 1. The van der Waals surface area contributed by atoms with Crippen LogP contribution in [0.4, 0.5) is 0 Å².